The molecule has 2 N–H and O–H groups in total. The van der Waals surface area contributed by atoms with Crippen molar-refractivity contribution >= 4 is 0 Å². The lowest BCUT2D eigenvalue weighted by Gasteiger charge is -2.45. The number of rotatable bonds is 8. The van der Waals surface area contributed by atoms with Gasteiger partial charge in [-0.15, -0.1) is 0 Å². The van der Waals surface area contributed by atoms with E-state index in [9.17, 15) is 0 Å². The van der Waals surface area contributed by atoms with Crippen molar-refractivity contribution in [2.45, 2.75) is 57.6 Å². The van der Waals surface area contributed by atoms with Gasteiger partial charge in [-0.2, -0.15) is 0 Å². The van der Waals surface area contributed by atoms with E-state index in [1.807, 2.05) is 6.07 Å². The van der Waals surface area contributed by atoms with E-state index in [1.54, 1.807) is 14.2 Å². The smallest absolute Gasteiger partial charge is 0.161 e. The summed E-state index contributed by atoms with van der Waals surface area (Å²) >= 11 is 0. The first kappa shape index (κ1) is 21.7. The summed E-state index contributed by atoms with van der Waals surface area (Å²) in [5.41, 5.74) is 4.13. The third-order valence-corrected chi connectivity index (χ3v) is 6.16. The summed E-state index contributed by atoms with van der Waals surface area (Å²) in [5, 5.41) is 2.40. The van der Waals surface area contributed by atoms with Crippen LogP contribution in [0.5, 0.6) is 11.5 Å². The number of ether oxygens (including phenoxy) is 3. The number of hydrogen-bond donors (Lipinski definition) is 1. The molecule has 3 rings (SSSR count). The Bertz CT molecular complexity index is 800. The van der Waals surface area contributed by atoms with Gasteiger partial charge >= 0.3 is 0 Å². The molecule has 0 radical (unpaired) electrons. The molecule has 0 unspecified atom stereocenters. The van der Waals surface area contributed by atoms with Crippen LogP contribution in [0.25, 0.3) is 0 Å². The van der Waals surface area contributed by atoms with Crippen LogP contribution in [0.3, 0.4) is 0 Å². The molecule has 158 valence electrons. The zero-order valence-corrected chi connectivity index (χ0v) is 18.6. The number of aryl methyl sites for hydroxylation is 1. The fraction of sp³-hybridized carbons (Fsp3) is 0.520. The molecule has 2 aromatic carbocycles. The lowest BCUT2D eigenvalue weighted by atomic mass is 9.67. The van der Waals surface area contributed by atoms with Gasteiger partial charge in [0.25, 0.3) is 0 Å². The van der Waals surface area contributed by atoms with Crippen molar-refractivity contribution in [1.82, 2.24) is 0 Å². The lowest BCUT2D eigenvalue weighted by molar-refractivity contribution is -0.672. The van der Waals surface area contributed by atoms with Crippen molar-refractivity contribution in [2.24, 2.45) is 0 Å². The predicted molar refractivity (Wildman–Crippen MR) is 117 cm³/mol. The molecule has 0 spiro atoms. The maximum atomic E-state index is 6.05. The molecule has 0 saturated carbocycles. The Morgan fingerprint density at radius 2 is 1.72 bits per heavy atom. The second-order valence-corrected chi connectivity index (χ2v) is 8.90. The van der Waals surface area contributed by atoms with Crippen LogP contribution in [0.1, 0.15) is 49.8 Å². The quantitative estimate of drug-likeness (QED) is 0.684. The van der Waals surface area contributed by atoms with Gasteiger partial charge in [-0.1, -0.05) is 29.8 Å². The second kappa shape index (κ2) is 9.19. The molecular weight excluding hydrogens is 362 g/mol. The minimum Gasteiger partial charge on any atom is -0.493 e. The Balaban J connectivity index is 1.67. The van der Waals surface area contributed by atoms with E-state index < -0.39 is 0 Å². The molecule has 1 atom stereocenters. The minimum atomic E-state index is -0.0769. The van der Waals surface area contributed by atoms with Crippen molar-refractivity contribution < 1.29 is 19.5 Å². The Kier molecular flexibility index (Phi) is 6.86. The van der Waals surface area contributed by atoms with Crippen LogP contribution >= 0.6 is 0 Å². The Hall–Kier alpha value is -2.04. The fourth-order valence-electron chi connectivity index (χ4n) is 4.64. The maximum absolute atomic E-state index is 6.05. The Morgan fingerprint density at radius 3 is 2.38 bits per heavy atom. The highest BCUT2D eigenvalue weighted by atomic mass is 16.5. The second-order valence-electron chi connectivity index (χ2n) is 8.90. The van der Waals surface area contributed by atoms with Crippen LogP contribution in [-0.2, 0) is 16.7 Å². The van der Waals surface area contributed by atoms with Crippen LogP contribution < -0.4 is 14.8 Å². The first-order valence-electron chi connectivity index (χ1n) is 10.6. The first-order chi connectivity index (χ1) is 13.9. The Labute approximate surface area is 175 Å². The number of nitrogens with two attached hydrogens (primary N) is 1. The summed E-state index contributed by atoms with van der Waals surface area (Å²) in [6.45, 7) is 9.45. The molecule has 2 aromatic rings. The molecule has 0 aliphatic carbocycles. The molecule has 0 aromatic heterocycles. The lowest BCUT2D eigenvalue weighted by Crippen LogP contribution is -2.83. The summed E-state index contributed by atoms with van der Waals surface area (Å²) in [6.07, 6.45) is 3.30. The van der Waals surface area contributed by atoms with Gasteiger partial charge in [-0.25, -0.2) is 0 Å². The molecule has 0 amide bonds. The van der Waals surface area contributed by atoms with Crippen molar-refractivity contribution in [1.29, 1.82) is 0 Å². The van der Waals surface area contributed by atoms with Gasteiger partial charge in [0.2, 0.25) is 0 Å². The average Bonchev–Trinajstić information content (AvgIpc) is 2.70. The van der Waals surface area contributed by atoms with E-state index in [-0.39, 0.29) is 11.0 Å². The van der Waals surface area contributed by atoms with E-state index in [1.165, 1.54) is 16.7 Å². The molecule has 29 heavy (non-hydrogen) atoms. The average molecular weight is 399 g/mol. The van der Waals surface area contributed by atoms with Crippen molar-refractivity contribution in [3.05, 3.63) is 59.2 Å². The van der Waals surface area contributed by atoms with Crippen LogP contribution in [0.4, 0.5) is 0 Å². The van der Waals surface area contributed by atoms with E-state index >= 15 is 0 Å². The van der Waals surface area contributed by atoms with Crippen molar-refractivity contribution in [3.8, 4) is 11.5 Å². The Morgan fingerprint density at radius 1 is 1.00 bits per heavy atom. The zero-order chi connectivity index (χ0) is 20.9. The molecule has 1 fully saturated rings. The predicted octanol–water partition coefficient (Wildman–Crippen LogP) is 3.99. The molecule has 1 aliphatic rings. The first-order valence-corrected chi connectivity index (χ1v) is 10.6. The van der Waals surface area contributed by atoms with Gasteiger partial charge in [-0.05, 0) is 57.4 Å². The van der Waals surface area contributed by atoms with Crippen LogP contribution in [0, 0.1) is 6.92 Å². The fourth-order valence-corrected chi connectivity index (χ4v) is 4.64. The zero-order valence-electron chi connectivity index (χ0n) is 18.6. The molecule has 4 heteroatoms. The maximum Gasteiger partial charge on any atom is 0.161 e. The highest BCUT2D eigenvalue weighted by Gasteiger charge is 2.42. The minimum absolute atomic E-state index is 0.0769. The molecule has 1 heterocycles. The summed E-state index contributed by atoms with van der Waals surface area (Å²) in [6, 6.07) is 15.3. The molecule has 4 nitrogen and oxygen atoms in total. The monoisotopic (exact) mass is 398 g/mol. The van der Waals surface area contributed by atoms with Crippen LogP contribution in [0.2, 0.25) is 0 Å². The number of quaternary nitrogens is 1. The number of methoxy groups -OCH3 is 2. The van der Waals surface area contributed by atoms with Gasteiger partial charge in [0.05, 0.1) is 26.4 Å². The van der Waals surface area contributed by atoms with Crippen molar-refractivity contribution in [3.63, 3.8) is 0 Å². The largest absolute Gasteiger partial charge is 0.493 e. The van der Waals surface area contributed by atoms with E-state index in [2.05, 4.69) is 62.5 Å². The van der Waals surface area contributed by atoms with Crippen LogP contribution in [0.15, 0.2) is 42.5 Å². The normalized spacial score (nSPS) is 21.0. The summed E-state index contributed by atoms with van der Waals surface area (Å²) in [7, 11) is 3.35. The summed E-state index contributed by atoms with van der Waals surface area (Å²) < 4.78 is 16.8. The van der Waals surface area contributed by atoms with Gasteiger partial charge < -0.3 is 19.5 Å². The summed E-state index contributed by atoms with van der Waals surface area (Å²) in [4.78, 5) is 0. The van der Waals surface area contributed by atoms with Crippen LogP contribution in [-0.4, -0.2) is 33.0 Å². The highest BCUT2D eigenvalue weighted by Crippen LogP contribution is 2.43. The summed E-state index contributed by atoms with van der Waals surface area (Å²) in [5.74, 6) is 1.57. The standard InChI is InChI=1S/C25H35NO3/c1-19-6-9-21(10-7-19)25(13-15-29-24(2,3)18-25)12-14-26-17-20-8-11-22(27-4)23(16-20)28-5/h6-11,16,26H,12-15,17-18H2,1-5H3/p+1/t25-/m0/s1. The van der Waals surface area contributed by atoms with Gasteiger partial charge in [-0.3, -0.25) is 0 Å². The third-order valence-electron chi connectivity index (χ3n) is 6.16. The SMILES string of the molecule is COc1ccc(C[NH2+]CC[C@]2(c3ccc(C)cc3)CCOC(C)(C)C2)cc1OC. The van der Waals surface area contributed by atoms with E-state index in [0.717, 1.165) is 50.5 Å². The third kappa shape index (κ3) is 5.31. The van der Waals surface area contributed by atoms with Gasteiger partial charge in [0.15, 0.2) is 11.5 Å². The molecule has 1 aliphatic heterocycles. The number of hydrogen-bond acceptors (Lipinski definition) is 3. The highest BCUT2D eigenvalue weighted by molar-refractivity contribution is 5.42. The molecular formula is C25H36NO3+. The topological polar surface area (TPSA) is 44.3 Å². The van der Waals surface area contributed by atoms with E-state index in [4.69, 9.17) is 14.2 Å². The molecule has 0 bridgehead atoms. The number of benzene rings is 2. The van der Waals surface area contributed by atoms with Gasteiger partial charge in [0.1, 0.15) is 6.54 Å². The molecule has 1 saturated heterocycles. The van der Waals surface area contributed by atoms with E-state index in [0.29, 0.717) is 0 Å². The van der Waals surface area contributed by atoms with Gasteiger partial charge in [0, 0.05) is 24.0 Å². The van der Waals surface area contributed by atoms with Crippen molar-refractivity contribution in [2.75, 3.05) is 27.4 Å².